The van der Waals surface area contributed by atoms with Gasteiger partial charge in [0, 0.05) is 10.8 Å². The monoisotopic (exact) mass is 488 g/mol. The van der Waals surface area contributed by atoms with Crippen molar-refractivity contribution in [3.8, 4) is 0 Å². The molecule has 0 aromatic rings. The molecule has 0 saturated heterocycles. The molecule has 0 radical (unpaired) electrons. The van der Waals surface area contributed by atoms with Gasteiger partial charge in [0.15, 0.2) is 0 Å². The van der Waals surface area contributed by atoms with Crippen LogP contribution < -0.4 is 0 Å². The van der Waals surface area contributed by atoms with E-state index < -0.39 is 33.9 Å². The van der Waals surface area contributed by atoms with E-state index in [-0.39, 0.29) is 29.3 Å². The molecular weight excluding hydrogens is 440 g/mol. The maximum absolute atomic E-state index is 12.8. The van der Waals surface area contributed by atoms with E-state index in [1.165, 1.54) is 5.57 Å². The lowest BCUT2D eigenvalue weighted by Gasteiger charge is -2.73. The van der Waals surface area contributed by atoms with Crippen molar-refractivity contribution in [1.29, 1.82) is 0 Å². The van der Waals surface area contributed by atoms with E-state index in [0.717, 1.165) is 38.5 Å². The number of carboxylic acids is 1. The van der Waals surface area contributed by atoms with Gasteiger partial charge in [0.25, 0.3) is 0 Å². The van der Waals surface area contributed by atoms with Crippen LogP contribution in [-0.2, 0) is 4.79 Å². The lowest BCUT2D eigenvalue weighted by Crippen LogP contribution is -2.73. The average Bonchev–Trinajstić information content (AvgIpc) is 2.78. The van der Waals surface area contributed by atoms with Crippen molar-refractivity contribution >= 4 is 5.97 Å². The van der Waals surface area contributed by atoms with Gasteiger partial charge in [-0.2, -0.15) is 0 Å². The molecule has 5 aliphatic rings. The fraction of sp³-hybridized carbons (Fsp3) is 0.900. The van der Waals surface area contributed by atoms with Gasteiger partial charge in [-0.05, 0) is 92.3 Å². The van der Waals surface area contributed by atoms with Gasteiger partial charge in [-0.15, -0.1) is 0 Å². The molecule has 0 aromatic carbocycles. The summed E-state index contributed by atoms with van der Waals surface area (Å²) in [7, 11) is 0. The van der Waals surface area contributed by atoms with E-state index in [0.29, 0.717) is 31.1 Å². The van der Waals surface area contributed by atoms with Gasteiger partial charge in [0.1, 0.15) is 0 Å². The molecule has 11 unspecified atom stereocenters. The zero-order valence-electron chi connectivity index (χ0n) is 22.7. The molecule has 0 heterocycles. The highest BCUT2D eigenvalue weighted by molar-refractivity contribution is 5.76. The van der Waals surface area contributed by atoms with Crippen LogP contribution in [0.2, 0.25) is 0 Å². The van der Waals surface area contributed by atoms with Gasteiger partial charge in [0.05, 0.1) is 23.7 Å². The number of allylic oxidation sites excluding steroid dienone is 2. The smallest absolute Gasteiger partial charge is 0.310 e. The summed E-state index contributed by atoms with van der Waals surface area (Å²) in [5.41, 5.74) is -1.80. The highest BCUT2D eigenvalue weighted by Crippen LogP contribution is 2.76. The van der Waals surface area contributed by atoms with Crippen molar-refractivity contribution in [2.45, 2.75) is 111 Å². The molecule has 4 N–H and O–H groups in total. The Morgan fingerprint density at radius 2 is 1.69 bits per heavy atom. The Balaban J connectivity index is 1.65. The maximum Gasteiger partial charge on any atom is 0.310 e. The average molecular weight is 489 g/mol. The lowest BCUT2D eigenvalue weighted by atomic mass is 9.32. The SMILES string of the molecule is CC1CCC2(C(=O)O)CCC3(C)C(=CCC4C3(C)CCC3(O)C(C)(CO)CC(O)CC43C)C2C1C. The van der Waals surface area contributed by atoms with Gasteiger partial charge >= 0.3 is 5.97 Å². The molecule has 35 heavy (non-hydrogen) atoms. The molecule has 4 fully saturated rings. The van der Waals surface area contributed by atoms with Crippen LogP contribution in [0.15, 0.2) is 11.6 Å². The van der Waals surface area contributed by atoms with Gasteiger partial charge in [-0.1, -0.05) is 53.2 Å². The van der Waals surface area contributed by atoms with Crippen molar-refractivity contribution in [3.63, 3.8) is 0 Å². The van der Waals surface area contributed by atoms with Gasteiger partial charge in [0.2, 0.25) is 0 Å². The third-order valence-corrected chi connectivity index (χ3v) is 13.6. The Bertz CT molecular complexity index is 945. The fourth-order valence-electron chi connectivity index (χ4n) is 10.9. The topological polar surface area (TPSA) is 98.0 Å². The third-order valence-electron chi connectivity index (χ3n) is 13.6. The minimum atomic E-state index is -1.04. The molecule has 5 heteroatoms. The molecule has 198 valence electrons. The normalized spacial score (nSPS) is 57.7. The van der Waals surface area contributed by atoms with E-state index in [1.807, 2.05) is 6.92 Å². The zero-order valence-corrected chi connectivity index (χ0v) is 22.7. The molecule has 5 rings (SSSR count). The molecule has 11 atom stereocenters. The number of aliphatic carboxylic acids is 1. The third kappa shape index (κ3) is 2.84. The number of carbonyl (C=O) groups is 1. The van der Waals surface area contributed by atoms with Gasteiger partial charge < -0.3 is 20.4 Å². The van der Waals surface area contributed by atoms with Crippen LogP contribution in [0.4, 0.5) is 0 Å². The molecule has 5 aliphatic carbocycles. The predicted octanol–water partition coefficient (Wildman–Crippen LogP) is 5.18. The van der Waals surface area contributed by atoms with Crippen LogP contribution in [0.5, 0.6) is 0 Å². The van der Waals surface area contributed by atoms with Crippen LogP contribution in [0, 0.1) is 50.7 Å². The van der Waals surface area contributed by atoms with E-state index in [9.17, 15) is 25.2 Å². The molecule has 0 amide bonds. The second kappa shape index (κ2) is 7.57. The molecule has 0 bridgehead atoms. The number of rotatable bonds is 2. The number of carboxylic acid groups (broad SMARTS) is 1. The first-order valence-electron chi connectivity index (χ1n) is 14.1. The van der Waals surface area contributed by atoms with Crippen LogP contribution in [0.1, 0.15) is 99.3 Å². The van der Waals surface area contributed by atoms with Gasteiger partial charge in [-0.3, -0.25) is 4.79 Å². The molecule has 5 nitrogen and oxygen atoms in total. The second-order valence-electron chi connectivity index (χ2n) is 14.6. The van der Waals surface area contributed by atoms with Crippen molar-refractivity contribution in [3.05, 3.63) is 11.6 Å². The number of hydrogen-bond donors (Lipinski definition) is 4. The Kier molecular flexibility index (Phi) is 5.56. The van der Waals surface area contributed by atoms with E-state index in [2.05, 4.69) is 40.7 Å². The van der Waals surface area contributed by atoms with E-state index in [1.54, 1.807) is 0 Å². The number of hydrogen-bond acceptors (Lipinski definition) is 4. The number of fused-ring (bicyclic) bond motifs is 7. The highest BCUT2D eigenvalue weighted by atomic mass is 16.4. The van der Waals surface area contributed by atoms with E-state index >= 15 is 0 Å². The minimum Gasteiger partial charge on any atom is -0.481 e. The van der Waals surface area contributed by atoms with E-state index in [4.69, 9.17) is 0 Å². The van der Waals surface area contributed by atoms with Crippen LogP contribution in [-0.4, -0.2) is 44.7 Å². The predicted molar refractivity (Wildman–Crippen MR) is 135 cm³/mol. The standard InChI is InChI=1S/C30H48O5/c1-18-9-10-29(24(33)34)13-11-26(4)21(23(29)19(18)2)7-8-22-27(26,5)12-14-30(35)25(3,17-31)15-20(32)16-28(22,30)6/h7,18-20,22-23,31-32,35H,8-17H2,1-6H3,(H,33,34). The Hall–Kier alpha value is -0.910. The minimum absolute atomic E-state index is 0.0635. The van der Waals surface area contributed by atoms with Crippen molar-refractivity contribution in [1.82, 2.24) is 0 Å². The maximum atomic E-state index is 12.8. The molecule has 0 spiro atoms. The van der Waals surface area contributed by atoms with Gasteiger partial charge in [-0.25, -0.2) is 0 Å². The summed E-state index contributed by atoms with van der Waals surface area (Å²) in [6.07, 6.45) is 8.44. The quantitative estimate of drug-likeness (QED) is 0.402. The van der Waals surface area contributed by atoms with Crippen LogP contribution in [0.25, 0.3) is 0 Å². The Morgan fingerprint density at radius 3 is 2.31 bits per heavy atom. The largest absolute Gasteiger partial charge is 0.481 e. The first-order chi connectivity index (χ1) is 16.2. The highest BCUT2D eigenvalue weighted by Gasteiger charge is 2.73. The fourth-order valence-corrected chi connectivity index (χ4v) is 10.9. The summed E-state index contributed by atoms with van der Waals surface area (Å²) in [4.78, 5) is 12.8. The van der Waals surface area contributed by atoms with Crippen molar-refractivity contribution < 1.29 is 25.2 Å². The second-order valence-corrected chi connectivity index (χ2v) is 14.6. The molecular formula is C30H48O5. The summed E-state index contributed by atoms with van der Waals surface area (Å²) in [5.74, 6) is 0.450. The molecule has 0 aliphatic heterocycles. The number of aliphatic hydroxyl groups excluding tert-OH is 2. The number of aliphatic hydroxyl groups is 3. The summed E-state index contributed by atoms with van der Waals surface area (Å²) in [6, 6.07) is 0. The Labute approximate surface area is 211 Å². The molecule has 4 saturated carbocycles. The molecule has 0 aromatic heterocycles. The summed E-state index contributed by atoms with van der Waals surface area (Å²) >= 11 is 0. The Morgan fingerprint density at radius 1 is 1.00 bits per heavy atom. The van der Waals surface area contributed by atoms with Crippen LogP contribution >= 0.6 is 0 Å². The van der Waals surface area contributed by atoms with Crippen LogP contribution in [0.3, 0.4) is 0 Å². The zero-order chi connectivity index (χ0) is 25.8. The van der Waals surface area contributed by atoms with Crippen molar-refractivity contribution in [2.75, 3.05) is 6.61 Å². The van der Waals surface area contributed by atoms with Crippen molar-refractivity contribution in [2.24, 2.45) is 50.7 Å². The first-order valence-corrected chi connectivity index (χ1v) is 14.1. The summed E-state index contributed by atoms with van der Waals surface area (Å²) in [5, 5.41) is 44.2. The first kappa shape index (κ1) is 25.7. The summed E-state index contributed by atoms with van der Waals surface area (Å²) < 4.78 is 0. The lowest BCUT2D eigenvalue weighted by molar-refractivity contribution is -0.293. The summed E-state index contributed by atoms with van der Waals surface area (Å²) in [6.45, 7) is 13.3.